The highest BCUT2D eigenvalue weighted by Gasteiger charge is 2.20. The van der Waals surface area contributed by atoms with Crippen molar-refractivity contribution in [1.82, 2.24) is 4.98 Å². The van der Waals surface area contributed by atoms with Crippen molar-refractivity contribution in [2.75, 3.05) is 5.32 Å². The minimum absolute atomic E-state index is 0.177. The number of amides is 1. The second-order valence-corrected chi connectivity index (χ2v) is 2.85. The van der Waals surface area contributed by atoms with E-state index in [9.17, 15) is 9.18 Å². The number of aromatic nitrogens is 1. The molecule has 0 saturated heterocycles. The van der Waals surface area contributed by atoms with Gasteiger partial charge in [-0.05, 0) is 6.07 Å². The van der Waals surface area contributed by atoms with Crippen LogP contribution in [0.4, 0.5) is 10.2 Å². The molecule has 1 aromatic heterocycles. The summed E-state index contributed by atoms with van der Waals surface area (Å²) >= 11 is 5.40. The van der Waals surface area contributed by atoms with Gasteiger partial charge in [0, 0.05) is 5.56 Å². The van der Waals surface area contributed by atoms with Crippen LogP contribution in [0.2, 0.25) is 5.15 Å². The van der Waals surface area contributed by atoms with Crippen molar-refractivity contribution in [1.29, 1.82) is 0 Å². The summed E-state index contributed by atoms with van der Waals surface area (Å²) in [4.78, 5) is 14.5. The van der Waals surface area contributed by atoms with Crippen molar-refractivity contribution >= 4 is 23.3 Å². The number of hydrogen-bond acceptors (Lipinski definition) is 2. The van der Waals surface area contributed by atoms with E-state index in [1.165, 1.54) is 6.07 Å². The van der Waals surface area contributed by atoms with E-state index in [-0.39, 0.29) is 17.5 Å². The van der Waals surface area contributed by atoms with Crippen LogP contribution in [0.5, 0.6) is 0 Å². The van der Waals surface area contributed by atoms with E-state index in [2.05, 4.69) is 10.3 Å². The van der Waals surface area contributed by atoms with Crippen LogP contribution in [-0.2, 0) is 11.2 Å². The molecule has 0 radical (unpaired) electrons. The van der Waals surface area contributed by atoms with Crippen LogP contribution in [0, 0.1) is 5.82 Å². The van der Waals surface area contributed by atoms with Crippen molar-refractivity contribution in [2.24, 2.45) is 0 Å². The van der Waals surface area contributed by atoms with Gasteiger partial charge in [0.05, 0.1) is 6.42 Å². The monoisotopic (exact) mass is 186 g/mol. The number of carbonyl (C=O) groups excluding carboxylic acids is 1. The number of nitrogens with zero attached hydrogens (tertiary/aromatic N) is 1. The second kappa shape index (κ2) is 2.42. The minimum Gasteiger partial charge on any atom is -0.310 e. The Morgan fingerprint density at radius 2 is 2.42 bits per heavy atom. The summed E-state index contributed by atoms with van der Waals surface area (Å²) in [7, 11) is 0. The number of pyridine rings is 1. The highest BCUT2D eigenvalue weighted by atomic mass is 35.5. The van der Waals surface area contributed by atoms with Crippen molar-refractivity contribution in [2.45, 2.75) is 6.42 Å². The first-order valence-corrected chi connectivity index (χ1v) is 3.69. The topological polar surface area (TPSA) is 42.0 Å². The van der Waals surface area contributed by atoms with Gasteiger partial charge in [-0.1, -0.05) is 11.6 Å². The molecule has 5 heteroatoms. The molecule has 0 bridgehead atoms. The molecule has 0 aliphatic carbocycles. The van der Waals surface area contributed by atoms with E-state index < -0.39 is 5.82 Å². The molecule has 2 rings (SSSR count). The number of halogens is 2. The van der Waals surface area contributed by atoms with Crippen LogP contribution in [0.25, 0.3) is 0 Å². The Balaban J connectivity index is 2.55. The van der Waals surface area contributed by atoms with Gasteiger partial charge in [-0.3, -0.25) is 4.79 Å². The van der Waals surface area contributed by atoms with E-state index in [1.54, 1.807) is 0 Å². The summed E-state index contributed by atoms with van der Waals surface area (Å²) in [5.74, 6) is -0.405. The maximum atomic E-state index is 12.8. The van der Waals surface area contributed by atoms with Gasteiger partial charge in [-0.2, -0.15) is 0 Å². The van der Waals surface area contributed by atoms with Gasteiger partial charge in [-0.25, -0.2) is 9.37 Å². The van der Waals surface area contributed by atoms with Crippen molar-refractivity contribution in [3.05, 3.63) is 22.6 Å². The predicted molar refractivity (Wildman–Crippen MR) is 41.5 cm³/mol. The molecule has 1 aliphatic heterocycles. The van der Waals surface area contributed by atoms with E-state index in [0.717, 1.165) is 0 Å². The molecule has 62 valence electrons. The maximum Gasteiger partial charge on any atom is 0.230 e. The molecule has 0 saturated carbocycles. The van der Waals surface area contributed by atoms with Crippen molar-refractivity contribution < 1.29 is 9.18 Å². The van der Waals surface area contributed by atoms with Gasteiger partial charge in [0.2, 0.25) is 5.91 Å². The van der Waals surface area contributed by atoms with Crippen LogP contribution in [-0.4, -0.2) is 10.9 Å². The lowest BCUT2D eigenvalue weighted by molar-refractivity contribution is -0.115. The number of rotatable bonds is 0. The van der Waals surface area contributed by atoms with E-state index in [4.69, 9.17) is 11.6 Å². The summed E-state index contributed by atoms with van der Waals surface area (Å²) in [5.41, 5.74) is 0.557. The van der Waals surface area contributed by atoms with Crippen LogP contribution in [0.15, 0.2) is 6.07 Å². The summed E-state index contributed by atoms with van der Waals surface area (Å²) in [6, 6.07) is 1.22. The van der Waals surface area contributed by atoms with Gasteiger partial charge in [0.1, 0.15) is 5.82 Å². The fourth-order valence-electron chi connectivity index (χ4n) is 1.10. The average molecular weight is 187 g/mol. The largest absolute Gasteiger partial charge is 0.310 e. The van der Waals surface area contributed by atoms with Gasteiger partial charge in [0.15, 0.2) is 11.0 Å². The lowest BCUT2D eigenvalue weighted by atomic mass is 10.2. The molecule has 12 heavy (non-hydrogen) atoms. The zero-order valence-corrected chi connectivity index (χ0v) is 6.65. The molecule has 0 spiro atoms. The third kappa shape index (κ3) is 1.04. The predicted octanol–water partition coefficient (Wildman–Crippen LogP) is 1.37. The Bertz CT molecular complexity index is 334. The Kier molecular flexibility index (Phi) is 1.51. The molecule has 0 fully saturated rings. The lowest BCUT2D eigenvalue weighted by Gasteiger charge is -1.97. The highest BCUT2D eigenvalue weighted by molar-refractivity contribution is 6.29. The second-order valence-electron chi connectivity index (χ2n) is 2.49. The molecule has 0 atom stereocenters. The third-order valence-electron chi connectivity index (χ3n) is 1.62. The lowest BCUT2D eigenvalue weighted by Crippen LogP contribution is -2.04. The smallest absolute Gasteiger partial charge is 0.230 e. The van der Waals surface area contributed by atoms with E-state index >= 15 is 0 Å². The summed E-state index contributed by atoms with van der Waals surface area (Å²) in [6.45, 7) is 0. The number of hydrogen-bond donors (Lipinski definition) is 1. The Hall–Kier alpha value is -1.16. The SMILES string of the molecule is O=C1Cc2cc(F)c(Cl)nc2N1. The maximum absolute atomic E-state index is 12.8. The molecule has 1 amide bonds. The molecule has 0 unspecified atom stereocenters. The first-order chi connectivity index (χ1) is 5.66. The van der Waals surface area contributed by atoms with E-state index in [1.807, 2.05) is 0 Å². The Labute approximate surface area is 72.6 Å². The van der Waals surface area contributed by atoms with Crippen LogP contribution in [0.3, 0.4) is 0 Å². The molecule has 2 heterocycles. The number of anilines is 1. The Morgan fingerprint density at radius 3 is 3.17 bits per heavy atom. The molecular weight excluding hydrogens is 183 g/mol. The van der Waals surface area contributed by atoms with Crippen LogP contribution < -0.4 is 5.32 Å². The molecular formula is C7H4ClFN2O. The first-order valence-electron chi connectivity index (χ1n) is 3.31. The zero-order chi connectivity index (χ0) is 8.72. The summed E-state index contributed by atoms with van der Waals surface area (Å²) < 4.78 is 12.8. The van der Waals surface area contributed by atoms with Crippen molar-refractivity contribution in [3.8, 4) is 0 Å². The molecule has 1 N–H and O–H groups in total. The molecule has 0 aromatic carbocycles. The van der Waals surface area contributed by atoms with Crippen LogP contribution >= 0.6 is 11.6 Å². The van der Waals surface area contributed by atoms with Gasteiger partial charge in [0.25, 0.3) is 0 Å². The first kappa shape index (κ1) is 7.49. The van der Waals surface area contributed by atoms with Crippen LogP contribution in [0.1, 0.15) is 5.56 Å². The molecule has 1 aromatic rings. The van der Waals surface area contributed by atoms with Gasteiger partial charge in [-0.15, -0.1) is 0 Å². The van der Waals surface area contributed by atoms with Crippen molar-refractivity contribution in [3.63, 3.8) is 0 Å². The summed E-state index contributed by atoms with van der Waals surface area (Å²) in [5, 5.41) is 2.25. The average Bonchev–Trinajstić information content (AvgIpc) is 2.30. The summed E-state index contributed by atoms with van der Waals surface area (Å²) in [6.07, 6.45) is 0.177. The van der Waals surface area contributed by atoms with E-state index in [0.29, 0.717) is 11.4 Å². The quantitative estimate of drug-likeness (QED) is 0.622. The van der Waals surface area contributed by atoms with Gasteiger partial charge < -0.3 is 5.32 Å². The fourth-order valence-corrected chi connectivity index (χ4v) is 1.24. The molecule has 3 nitrogen and oxygen atoms in total. The number of carbonyl (C=O) groups is 1. The Morgan fingerprint density at radius 1 is 1.67 bits per heavy atom. The fraction of sp³-hybridized carbons (Fsp3) is 0.143. The number of nitrogens with one attached hydrogen (secondary N) is 1. The normalized spacial score (nSPS) is 14.3. The third-order valence-corrected chi connectivity index (χ3v) is 1.89. The van der Waals surface area contributed by atoms with Gasteiger partial charge >= 0.3 is 0 Å². The highest BCUT2D eigenvalue weighted by Crippen LogP contribution is 2.24. The molecule has 1 aliphatic rings. The minimum atomic E-state index is -0.591. The zero-order valence-electron chi connectivity index (χ0n) is 5.90. The standard InChI is InChI=1S/C7H4ClFN2O/c8-6-4(9)1-3-2-5(12)10-7(3)11-6/h1H,2H2,(H,10,11,12). The number of fused-ring (bicyclic) bond motifs is 1.